The highest BCUT2D eigenvalue weighted by molar-refractivity contribution is 6.13. The molecule has 0 saturated heterocycles. The minimum atomic E-state index is -0.600. The molecule has 5 heteroatoms. The fourth-order valence-corrected chi connectivity index (χ4v) is 1.45. The van der Waals surface area contributed by atoms with Crippen molar-refractivity contribution in [2.24, 2.45) is 0 Å². The number of rotatable bonds is 4. The largest absolute Gasteiger partial charge is 0.294 e. The molecule has 0 radical (unpaired) electrons. The summed E-state index contributed by atoms with van der Waals surface area (Å²) in [5.41, 5.74) is 0.500. The van der Waals surface area contributed by atoms with Crippen LogP contribution in [0, 0.1) is 5.82 Å². The Kier molecular flexibility index (Phi) is 3.52. The molecular weight excluding hydrogens is 235 g/mol. The van der Waals surface area contributed by atoms with Gasteiger partial charge in [0.2, 0.25) is 0 Å². The highest BCUT2D eigenvalue weighted by Gasteiger charge is 2.14. The fraction of sp³-hybridized carbons (Fsp3) is 0.0769. The molecule has 2 aromatic heterocycles. The topological polar surface area (TPSA) is 59.9 Å². The SMILES string of the molecule is O=C(CC(=O)c1cncc(F)c1)c1ccncc1. The minimum Gasteiger partial charge on any atom is -0.294 e. The predicted molar refractivity (Wildman–Crippen MR) is 61.7 cm³/mol. The van der Waals surface area contributed by atoms with Gasteiger partial charge in [-0.1, -0.05) is 0 Å². The van der Waals surface area contributed by atoms with E-state index >= 15 is 0 Å². The molecule has 0 aliphatic heterocycles. The van der Waals surface area contributed by atoms with E-state index in [9.17, 15) is 14.0 Å². The molecule has 0 aromatic carbocycles. The zero-order valence-corrected chi connectivity index (χ0v) is 9.34. The zero-order valence-electron chi connectivity index (χ0n) is 9.34. The van der Waals surface area contributed by atoms with Gasteiger partial charge in [-0.15, -0.1) is 0 Å². The lowest BCUT2D eigenvalue weighted by Crippen LogP contribution is -2.09. The van der Waals surface area contributed by atoms with Gasteiger partial charge in [0.05, 0.1) is 12.6 Å². The maximum atomic E-state index is 12.9. The van der Waals surface area contributed by atoms with E-state index in [2.05, 4.69) is 9.97 Å². The Balaban J connectivity index is 2.11. The van der Waals surface area contributed by atoms with Crippen LogP contribution in [0.25, 0.3) is 0 Å². The lowest BCUT2D eigenvalue weighted by atomic mass is 10.0. The minimum absolute atomic E-state index is 0.0948. The Morgan fingerprint density at radius 2 is 1.67 bits per heavy atom. The third-order valence-electron chi connectivity index (χ3n) is 2.35. The van der Waals surface area contributed by atoms with Crippen LogP contribution in [-0.4, -0.2) is 21.5 Å². The third kappa shape index (κ3) is 2.82. The summed E-state index contributed by atoms with van der Waals surface area (Å²) in [7, 11) is 0. The molecule has 0 saturated carbocycles. The predicted octanol–water partition coefficient (Wildman–Crippen LogP) is 2.07. The first-order chi connectivity index (χ1) is 8.66. The van der Waals surface area contributed by atoms with Crippen molar-refractivity contribution in [2.75, 3.05) is 0 Å². The van der Waals surface area contributed by atoms with Gasteiger partial charge >= 0.3 is 0 Å². The van der Waals surface area contributed by atoms with Gasteiger partial charge in [-0.05, 0) is 18.2 Å². The molecule has 2 rings (SSSR count). The molecule has 0 spiro atoms. The molecular formula is C13H9FN2O2. The van der Waals surface area contributed by atoms with Crippen LogP contribution in [0.5, 0.6) is 0 Å². The number of Topliss-reactive ketones (excluding diaryl/α,β-unsaturated/α-hetero) is 2. The average molecular weight is 244 g/mol. The fourth-order valence-electron chi connectivity index (χ4n) is 1.45. The Hall–Kier alpha value is -2.43. The van der Waals surface area contributed by atoms with Crippen LogP contribution in [-0.2, 0) is 0 Å². The van der Waals surface area contributed by atoms with Gasteiger partial charge < -0.3 is 0 Å². The number of aromatic nitrogens is 2. The Bertz CT molecular complexity index is 585. The summed E-state index contributed by atoms with van der Waals surface area (Å²) in [5, 5.41) is 0. The lowest BCUT2D eigenvalue weighted by Gasteiger charge is -2.00. The van der Waals surface area contributed by atoms with Crippen molar-refractivity contribution in [1.29, 1.82) is 0 Å². The van der Waals surface area contributed by atoms with E-state index in [1.54, 1.807) is 0 Å². The van der Waals surface area contributed by atoms with Crippen molar-refractivity contribution in [3.63, 3.8) is 0 Å². The highest BCUT2D eigenvalue weighted by Crippen LogP contribution is 2.08. The second-order valence-corrected chi connectivity index (χ2v) is 3.65. The number of halogens is 1. The molecule has 0 aliphatic carbocycles. The molecule has 0 atom stereocenters. The van der Waals surface area contributed by atoms with Crippen LogP contribution >= 0.6 is 0 Å². The molecule has 90 valence electrons. The third-order valence-corrected chi connectivity index (χ3v) is 2.35. The Labute approximate surface area is 103 Å². The van der Waals surface area contributed by atoms with E-state index in [4.69, 9.17) is 0 Å². The second-order valence-electron chi connectivity index (χ2n) is 3.65. The normalized spacial score (nSPS) is 10.1. The van der Waals surface area contributed by atoms with Gasteiger partial charge in [0.25, 0.3) is 0 Å². The van der Waals surface area contributed by atoms with Crippen molar-refractivity contribution < 1.29 is 14.0 Å². The van der Waals surface area contributed by atoms with Crippen molar-refractivity contribution in [3.05, 3.63) is 59.9 Å². The maximum Gasteiger partial charge on any atom is 0.172 e. The first-order valence-corrected chi connectivity index (χ1v) is 5.24. The van der Waals surface area contributed by atoms with Gasteiger partial charge in [0, 0.05) is 29.7 Å². The molecule has 0 amide bonds. The van der Waals surface area contributed by atoms with Gasteiger partial charge in [-0.25, -0.2) is 4.39 Å². The summed E-state index contributed by atoms with van der Waals surface area (Å²) >= 11 is 0. The molecule has 18 heavy (non-hydrogen) atoms. The smallest absolute Gasteiger partial charge is 0.172 e. The van der Waals surface area contributed by atoms with Gasteiger partial charge in [0.1, 0.15) is 5.82 Å². The van der Waals surface area contributed by atoms with Crippen LogP contribution in [0.15, 0.2) is 43.0 Å². The van der Waals surface area contributed by atoms with Crippen molar-refractivity contribution >= 4 is 11.6 Å². The van der Waals surface area contributed by atoms with Gasteiger partial charge in [0.15, 0.2) is 11.6 Å². The lowest BCUT2D eigenvalue weighted by molar-refractivity contribution is 0.0893. The van der Waals surface area contributed by atoms with Crippen LogP contribution in [0.2, 0.25) is 0 Å². The number of pyridine rings is 2. The monoisotopic (exact) mass is 244 g/mol. The van der Waals surface area contributed by atoms with E-state index in [1.165, 1.54) is 30.7 Å². The highest BCUT2D eigenvalue weighted by atomic mass is 19.1. The Morgan fingerprint density at radius 3 is 2.33 bits per heavy atom. The van der Waals surface area contributed by atoms with Crippen LogP contribution in [0.4, 0.5) is 4.39 Å². The van der Waals surface area contributed by atoms with E-state index < -0.39 is 11.6 Å². The first kappa shape index (κ1) is 12.0. The second kappa shape index (κ2) is 5.27. The molecule has 0 fully saturated rings. The number of ketones is 2. The standard InChI is InChI=1S/C13H9FN2O2/c14-11-5-10(7-16-8-11)13(18)6-12(17)9-1-3-15-4-2-9/h1-5,7-8H,6H2. The number of carbonyl (C=O) groups excluding carboxylic acids is 2. The number of nitrogens with zero attached hydrogens (tertiary/aromatic N) is 2. The molecule has 0 aliphatic rings. The average Bonchev–Trinajstić information content (AvgIpc) is 2.39. The summed E-state index contributed by atoms with van der Waals surface area (Å²) in [6, 6.07) is 4.12. The van der Waals surface area contributed by atoms with Crippen molar-refractivity contribution in [1.82, 2.24) is 9.97 Å². The number of carbonyl (C=O) groups is 2. The van der Waals surface area contributed by atoms with Gasteiger partial charge in [-0.3, -0.25) is 19.6 Å². The summed E-state index contributed by atoms with van der Waals surface area (Å²) in [6.07, 6.45) is 4.88. The van der Waals surface area contributed by atoms with E-state index in [0.29, 0.717) is 5.56 Å². The Morgan fingerprint density at radius 1 is 1.00 bits per heavy atom. The number of hydrogen-bond acceptors (Lipinski definition) is 4. The van der Waals surface area contributed by atoms with Crippen LogP contribution in [0.3, 0.4) is 0 Å². The first-order valence-electron chi connectivity index (χ1n) is 5.24. The summed E-state index contributed by atoms with van der Waals surface area (Å²) < 4.78 is 12.9. The van der Waals surface area contributed by atoms with Crippen LogP contribution < -0.4 is 0 Å². The zero-order chi connectivity index (χ0) is 13.0. The molecule has 2 aromatic rings. The molecule has 4 nitrogen and oxygen atoms in total. The maximum absolute atomic E-state index is 12.9. The molecule has 0 N–H and O–H groups in total. The van der Waals surface area contributed by atoms with E-state index in [1.807, 2.05) is 0 Å². The summed E-state index contributed by atoms with van der Waals surface area (Å²) in [5.74, 6) is -1.38. The summed E-state index contributed by atoms with van der Waals surface area (Å²) in [6.45, 7) is 0. The quantitative estimate of drug-likeness (QED) is 0.610. The molecule has 2 heterocycles. The summed E-state index contributed by atoms with van der Waals surface area (Å²) in [4.78, 5) is 30.8. The van der Waals surface area contributed by atoms with E-state index in [-0.39, 0.29) is 17.8 Å². The van der Waals surface area contributed by atoms with Crippen LogP contribution in [0.1, 0.15) is 27.1 Å². The molecule has 0 unspecified atom stereocenters. The molecule has 0 bridgehead atoms. The van der Waals surface area contributed by atoms with E-state index in [0.717, 1.165) is 12.3 Å². The number of hydrogen-bond donors (Lipinski definition) is 0. The van der Waals surface area contributed by atoms with Crippen molar-refractivity contribution in [3.8, 4) is 0 Å². The van der Waals surface area contributed by atoms with Gasteiger partial charge in [-0.2, -0.15) is 0 Å². The van der Waals surface area contributed by atoms with Crippen molar-refractivity contribution in [2.45, 2.75) is 6.42 Å².